The smallest absolute Gasteiger partial charge is 0.336 e. The van der Waals surface area contributed by atoms with E-state index in [1.54, 1.807) is 12.1 Å². The summed E-state index contributed by atoms with van der Waals surface area (Å²) in [6.07, 6.45) is 4.92. The van der Waals surface area contributed by atoms with E-state index < -0.39 is 5.97 Å². The summed E-state index contributed by atoms with van der Waals surface area (Å²) in [5, 5.41) is 9.24. The van der Waals surface area contributed by atoms with Gasteiger partial charge < -0.3 is 5.11 Å². The summed E-state index contributed by atoms with van der Waals surface area (Å²) < 4.78 is 0. The Hall–Kier alpha value is -1.35. The third-order valence-electron chi connectivity index (χ3n) is 4.60. The van der Waals surface area contributed by atoms with Crippen LogP contribution in [0.1, 0.15) is 55.5 Å². The van der Waals surface area contributed by atoms with Gasteiger partial charge in [0.25, 0.3) is 0 Å². The highest BCUT2D eigenvalue weighted by Crippen LogP contribution is 2.36. The highest BCUT2D eigenvalue weighted by Gasteiger charge is 2.29. The van der Waals surface area contributed by atoms with E-state index in [-0.39, 0.29) is 0 Å². The third kappa shape index (κ3) is 3.60. The lowest BCUT2D eigenvalue weighted by molar-refractivity contribution is 0.0693. The maximum Gasteiger partial charge on any atom is 0.336 e. The maximum absolute atomic E-state index is 11.2. The largest absolute Gasteiger partial charge is 0.478 e. The molecule has 0 atom stereocenters. The molecule has 1 N–H and O–H groups in total. The molecule has 0 saturated heterocycles. The van der Waals surface area contributed by atoms with Gasteiger partial charge in [0, 0.05) is 12.6 Å². The van der Waals surface area contributed by atoms with Gasteiger partial charge in [0.2, 0.25) is 0 Å². The Morgan fingerprint density at radius 1 is 1.30 bits per heavy atom. The van der Waals surface area contributed by atoms with E-state index >= 15 is 0 Å². The van der Waals surface area contributed by atoms with Crippen LogP contribution in [0, 0.1) is 5.41 Å². The molecule has 0 heterocycles. The van der Waals surface area contributed by atoms with Gasteiger partial charge >= 0.3 is 5.97 Å². The van der Waals surface area contributed by atoms with Crippen LogP contribution in [0.5, 0.6) is 0 Å². The molecule has 0 spiro atoms. The fourth-order valence-electron chi connectivity index (χ4n) is 3.09. The van der Waals surface area contributed by atoms with Gasteiger partial charge in [-0.2, -0.15) is 0 Å². The van der Waals surface area contributed by atoms with Gasteiger partial charge in [-0.1, -0.05) is 32.0 Å². The lowest BCUT2D eigenvalue weighted by Gasteiger charge is -2.38. The fourth-order valence-corrected chi connectivity index (χ4v) is 3.09. The first-order valence-corrected chi connectivity index (χ1v) is 7.40. The van der Waals surface area contributed by atoms with Crippen molar-refractivity contribution in [1.29, 1.82) is 0 Å². The minimum absolute atomic E-state index is 0.426. The number of aromatic carboxylic acids is 1. The molecule has 1 aromatic carbocycles. The molecule has 3 heteroatoms. The average molecular weight is 275 g/mol. The highest BCUT2D eigenvalue weighted by atomic mass is 16.4. The predicted molar refractivity (Wildman–Crippen MR) is 80.9 cm³/mol. The molecule has 0 aliphatic heterocycles. The zero-order valence-electron chi connectivity index (χ0n) is 12.7. The number of carbonyl (C=O) groups is 1. The molecule has 0 bridgehead atoms. The summed E-state index contributed by atoms with van der Waals surface area (Å²) in [5.74, 6) is -0.834. The molecule has 0 unspecified atom stereocenters. The number of nitrogens with zero attached hydrogens (tertiary/aromatic N) is 1. The average Bonchev–Trinajstić information content (AvgIpc) is 2.38. The number of carboxylic acid groups (broad SMARTS) is 1. The van der Waals surface area contributed by atoms with E-state index in [0.717, 1.165) is 5.56 Å². The van der Waals surface area contributed by atoms with Crippen LogP contribution in [-0.2, 0) is 6.54 Å². The lowest BCUT2D eigenvalue weighted by atomic mass is 9.75. The van der Waals surface area contributed by atoms with E-state index in [0.29, 0.717) is 23.6 Å². The summed E-state index contributed by atoms with van der Waals surface area (Å²) in [5.41, 5.74) is 1.80. The van der Waals surface area contributed by atoms with Crippen molar-refractivity contribution in [3.05, 3.63) is 35.4 Å². The van der Waals surface area contributed by atoms with E-state index in [4.69, 9.17) is 0 Å². The van der Waals surface area contributed by atoms with Crippen molar-refractivity contribution in [2.75, 3.05) is 7.05 Å². The van der Waals surface area contributed by atoms with Crippen LogP contribution < -0.4 is 0 Å². The number of rotatable bonds is 4. The zero-order chi connectivity index (χ0) is 14.8. The molecular formula is C17H25NO2. The third-order valence-corrected chi connectivity index (χ3v) is 4.60. The summed E-state index contributed by atoms with van der Waals surface area (Å²) >= 11 is 0. The van der Waals surface area contributed by atoms with Crippen LogP contribution in [0.2, 0.25) is 0 Å². The standard InChI is InChI=1S/C17H25NO2/c1-17(2)10-8-14(9-11-17)18(3)12-13-6-4-5-7-15(13)16(19)20/h4-7,14H,8-12H2,1-3H3,(H,19,20). The van der Waals surface area contributed by atoms with Gasteiger partial charge in [0.05, 0.1) is 5.56 Å². The Kier molecular flexibility index (Phi) is 4.48. The molecule has 1 aliphatic rings. The van der Waals surface area contributed by atoms with Crippen LogP contribution in [0.3, 0.4) is 0 Å². The van der Waals surface area contributed by atoms with Crippen LogP contribution in [0.25, 0.3) is 0 Å². The Balaban J connectivity index is 2.02. The number of hydrogen-bond acceptors (Lipinski definition) is 2. The molecule has 1 fully saturated rings. The van der Waals surface area contributed by atoms with Crippen LogP contribution in [0.15, 0.2) is 24.3 Å². The monoisotopic (exact) mass is 275 g/mol. The minimum Gasteiger partial charge on any atom is -0.478 e. The summed E-state index contributed by atoms with van der Waals surface area (Å²) in [6, 6.07) is 7.89. The second kappa shape index (κ2) is 5.96. The molecule has 1 aromatic rings. The molecule has 3 nitrogen and oxygen atoms in total. The predicted octanol–water partition coefficient (Wildman–Crippen LogP) is 3.79. The van der Waals surface area contributed by atoms with Crippen molar-refractivity contribution in [2.45, 2.75) is 52.1 Å². The molecule has 1 saturated carbocycles. The Labute approximate surface area is 121 Å². The number of carboxylic acids is 1. The van der Waals surface area contributed by atoms with Crippen molar-refractivity contribution < 1.29 is 9.90 Å². The Bertz CT molecular complexity index is 472. The van der Waals surface area contributed by atoms with E-state index in [2.05, 4.69) is 25.8 Å². The first-order valence-electron chi connectivity index (χ1n) is 7.40. The minimum atomic E-state index is -0.834. The molecule has 0 amide bonds. The SMILES string of the molecule is CN(Cc1ccccc1C(=O)O)C1CCC(C)(C)CC1. The van der Waals surface area contributed by atoms with Crippen molar-refractivity contribution in [3.63, 3.8) is 0 Å². The van der Waals surface area contributed by atoms with Crippen LogP contribution in [0.4, 0.5) is 0 Å². The Morgan fingerprint density at radius 3 is 2.50 bits per heavy atom. The van der Waals surface area contributed by atoms with Gasteiger partial charge in [-0.05, 0) is 49.8 Å². The Morgan fingerprint density at radius 2 is 1.90 bits per heavy atom. The topological polar surface area (TPSA) is 40.5 Å². The van der Waals surface area contributed by atoms with E-state index in [1.165, 1.54) is 25.7 Å². The molecule has 0 radical (unpaired) electrons. The van der Waals surface area contributed by atoms with Gasteiger partial charge in [0.1, 0.15) is 0 Å². The van der Waals surface area contributed by atoms with Crippen molar-refractivity contribution >= 4 is 5.97 Å². The van der Waals surface area contributed by atoms with Gasteiger partial charge in [0.15, 0.2) is 0 Å². The molecule has 0 aromatic heterocycles. The first-order chi connectivity index (χ1) is 9.39. The second-order valence-corrected chi connectivity index (χ2v) is 6.77. The number of hydrogen-bond donors (Lipinski definition) is 1. The maximum atomic E-state index is 11.2. The number of benzene rings is 1. The van der Waals surface area contributed by atoms with Gasteiger partial charge in [-0.25, -0.2) is 4.79 Å². The van der Waals surface area contributed by atoms with E-state index in [9.17, 15) is 9.90 Å². The molecule has 110 valence electrons. The normalized spacial score (nSPS) is 19.2. The molecule has 20 heavy (non-hydrogen) atoms. The van der Waals surface area contributed by atoms with Crippen molar-refractivity contribution in [3.8, 4) is 0 Å². The van der Waals surface area contributed by atoms with E-state index in [1.807, 2.05) is 12.1 Å². The van der Waals surface area contributed by atoms with Crippen molar-refractivity contribution in [1.82, 2.24) is 4.90 Å². The van der Waals surface area contributed by atoms with Gasteiger partial charge in [-0.3, -0.25) is 4.90 Å². The highest BCUT2D eigenvalue weighted by molar-refractivity contribution is 5.89. The quantitative estimate of drug-likeness (QED) is 0.909. The fraction of sp³-hybridized carbons (Fsp3) is 0.588. The summed E-state index contributed by atoms with van der Waals surface area (Å²) in [6.45, 7) is 5.39. The van der Waals surface area contributed by atoms with Crippen molar-refractivity contribution in [2.24, 2.45) is 5.41 Å². The molecule has 1 aliphatic carbocycles. The van der Waals surface area contributed by atoms with Crippen LogP contribution >= 0.6 is 0 Å². The van der Waals surface area contributed by atoms with Crippen LogP contribution in [-0.4, -0.2) is 29.1 Å². The zero-order valence-corrected chi connectivity index (χ0v) is 12.7. The van der Waals surface area contributed by atoms with Gasteiger partial charge in [-0.15, -0.1) is 0 Å². The first kappa shape index (κ1) is 15.0. The summed E-state index contributed by atoms with van der Waals surface area (Å²) in [4.78, 5) is 13.6. The molecular weight excluding hydrogens is 250 g/mol. The second-order valence-electron chi connectivity index (χ2n) is 6.77. The summed E-state index contributed by atoms with van der Waals surface area (Å²) in [7, 11) is 2.11. The molecule has 2 rings (SSSR count). The lowest BCUT2D eigenvalue weighted by Crippen LogP contribution is -2.37.